The van der Waals surface area contributed by atoms with Gasteiger partial charge in [-0.15, -0.1) is 0 Å². The quantitative estimate of drug-likeness (QED) is 0.471. The number of nitrogens with zero attached hydrogens (tertiary/aromatic N) is 1. The van der Waals surface area contributed by atoms with E-state index in [0.717, 1.165) is 18.9 Å². The number of rotatable bonds is 8. The number of benzene rings is 2. The van der Waals surface area contributed by atoms with E-state index in [1.807, 2.05) is 0 Å². The first kappa shape index (κ1) is 22.5. The molecule has 0 bridgehead atoms. The summed E-state index contributed by atoms with van der Waals surface area (Å²) in [6.45, 7) is 2.56. The largest absolute Gasteiger partial charge is 0.489 e. The molecular formula is C21H22ClN3O6. The summed E-state index contributed by atoms with van der Waals surface area (Å²) in [4.78, 5) is 35.3. The van der Waals surface area contributed by atoms with Gasteiger partial charge in [-0.05, 0) is 44.0 Å². The maximum atomic E-state index is 12.6. The van der Waals surface area contributed by atoms with Crippen molar-refractivity contribution in [3.8, 4) is 5.75 Å². The molecule has 1 fully saturated rings. The summed E-state index contributed by atoms with van der Waals surface area (Å²) in [5, 5.41) is 16.5. The molecule has 9 nitrogen and oxygen atoms in total. The van der Waals surface area contributed by atoms with Crippen LogP contribution in [-0.2, 0) is 9.53 Å². The van der Waals surface area contributed by atoms with Gasteiger partial charge in [-0.1, -0.05) is 17.7 Å². The third-order valence-electron chi connectivity index (χ3n) is 4.71. The van der Waals surface area contributed by atoms with Crippen molar-refractivity contribution in [1.82, 2.24) is 5.32 Å². The summed E-state index contributed by atoms with van der Waals surface area (Å²) >= 11 is 6.06. The van der Waals surface area contributed by atoms with Crippen molar-refractivity contribution in [3.05, 3.63) is 63.2 Å². The molecular weight excluding hydrogens is 426 g/mol. The predicted molar refractivity (Wildman–Crippen MR) is 115 cm³/mol. The number of ether oxygens (including phenoxy) is 2. The minimum Gasteiger partial charge on any atom is -0.489 e. The molecule has 10 heteroatoms. The van der Waals surface area contributed by atoms with E-state index in [4.69, 9.17) is 21.1 Å². The van der Waals surface area contributed by atoms with E-state index in [1.165, 1.54) is 25.1 Å². The monoisotopic (exact) mass is 447 g/mol. The molecule has 164 valence electrons. The first-order valence-corrected chi connectivity index (χ1v) is 10.1. The second-order valence-corrected chi connectivity index (χ2v) is 7.51. The maximum absolute atomic E-state index is 12.6. The molecule has 2 aromatic rings. The number of hydrogen-bond acceptors (Lipinski definition) is 6. The highest BCUT2D eigenvalue weighted by Crippen LogP contribution is 2.29. The lowest BCUT2D eigenvalue weighted by atomic mass is 10.1. The van der Waals surface area contributed by atoms with Gasteiger partial charge >= 0.3 is 0 Å². The fourth-order valence-corrected chi connectivity index (χ4v) is 3.20. The lowest BCUT2D eigenvalue weighted by Gasteiger charge is -2.18. The SMILES string of the molecule is CC(NC(=O)c1cccc([N+](=O)[O-])c1)C(=O)Nc1cc(Cl)ccc1OCC1CCCO1. The lowest BCUT2D eigenvalue weighted by molar-refractivity contribution is -0.384. The van der Waals surface area contributed by atoms with Gasteiger partial charge in [0.1, 0.15) is 18.4 Å². The van der Waals surface area contributed by atoms with Crippen molar-refractivity contribution in [2.75, 3.05) is 18.5 Å². The van der Waals surface area contributed by atoms with Crippen LogP contribution in [0.2, 0.25) is 5.02 Å². The van der Waals surface area contributed by atoms with Crippen LogP contribution in [0, 0.1) is 10.1 Å². The first-order valence-electron chi connectivity index (χ1n) is 9.73. The Bertz CT molecular complexity index is 977. The predicted octanol–water partition coefficient (Wildman–Crippen LogP) is 3.56. The summed E-state index contributed by atoms with van der Waals surface area (Å²) in [6, 6.07) is 9.20. The number of anilines is 1. The van der Waals surface area contributed by atoms with Gasteiger partial charge in [0.25, 0.3) is 11.6 Å². The number of amides is 2. The number of nitrogens with one attached hydrogen (secondary N) is 2. The standard InChI is InChI=1S/C21H22ClN3O6/c1-13(23-21(27)14-4-2-5-16(10-14)25(28)29)20(26)24-18-11-15(22)7-8-19(18)31-12-17-6-3-9-30-17/h2,4-5,7-8,10-11,13,17H,3,6,9,12H2,1H3,(H,23,27)(H,24,26). The van der Waals surface area contributed by atoms with Crippen LogP contribution in [0.15, 0.2) is 42.5 Å². The molecule has 2 amide bonds. The van der Waals surface area contributed by atoms with Crippen LogP contribution in [0.5, 0.6) is 5.75 Å². The number of carbonyl (C=O) groups is 2. The van der Waals surface area contributed by atoms with E-state index in [2.05, 4.69) is 10.6 Å². The molecule has 1 aliphatic rings. The van der Waals surface area contributed by atoms with Crippen molar-refractivity contribution >= 4 is 34.8 Å². The van der Waals surface area contributed by atoms with Gasteiger partial charge in [0.2, 0.25) is 5.91 Å². The maximum Gasteiger partial charge on any atom is 0.270 e. The fourth-order valence-electron chi connectivity index (χ4n) is 3.03. The van der Waals surface area contributed by atoms with Crippen LogP contribution in [0.4, 0.5) is 11.4 Å². The highest BCUT2D eigenvalue weighted by Gasteiger charge is 2.21. The van der Waals surface area contributed by atoms with Crippen LogP contribution in [0.25, 0.3) is 0 Å². The van der Waals surface area contributed by atoms with Crippen molar-refractivity contribution in [2.24, 2.45) is 0 Å². The zero-order valence-electron chi connectivity index (χ0n) is 16.8. The Balaban J connectivity index is 1.63. The molecule has 0 radical (unpaired) electrons. The molecule has 1 heterocycles. The van der Waals surface area contributed by atoms with Gasteiger partial charge in [-0.3, -0.25) is 19.7 Å². The van der Waals surface area contributed by atoms with E-state index in [-0.39, 0.29) is 17.4 Å². The molecule has 0 aliphatic carbocycles. The molecule has 0 aromatic heterocycles. The molecule has 1 aliphatic heterocycles. The van der Waals surface area contributed by atoms with Gasteiger partial charge in [0, 0.05) is 29.3 Å². The average molecular weight is 448 g/mol. The molecule has 2 atom stereocenters. The van der Waals surface area contributed by atoms with E-state index in [9.17, 15) is 19.7 Å². The number of halogens is 1. The molecule has 0 saturated carbocycles. The van der Waals surface area contributed by atoms with E-state index < -0.39 is 22.8 Å². The third kappa shape index (κ3) is 6.16. The number of carbonyl (C=O) groups excluding carboxylic acids is 2. The number of nitro groups is 1. The van der Waals surface area contributed by atoms with E-state index in [1.54, 1.807) is 18.2 Å². The van der Waals surface area contributed by atoms with Gasteiger partial charge in [0.05, 0.1) is 16.7 Å². The normalized spacial score (nSPS) is 16.4. The molecule has 2 N–H and O–H groups in total. The fraction of sp³-hybridized carbons (Fsp3) is 0.333. The Labute approximate surface area is 183 Å². The molecule has 1 saturated heterocycles. The van der Waals surface area contributed by atoms with E-state index in [0.29, 0.717) is 29.7 Å². The number of hydrogen-bond donors (Lipinski definition) is 2. The third-order valence-corrected chi connectivity index (χ3v) is 4.94. The smallest absolute Gasteiger partial charge is 0.270 e. The van der Waals surface area contributed by atoms with E-state index >= 15 is 0 Å². The number of non-ortho nitro benzene ring substituents is 1. The minimum atomic E-state index is -0.920. The Morgan fingerprint density at radius 1 is 1.32 bits per heavy atom. The second kappa shape index (κ2) is 10.2. The molecule has 31 heavy (non-hydrogen) atoms. The molecule has 3 rings (SSSR count). The summed E-state index contributed by atoms with van der Waals surface area (Å²) in [5.74, 6) is -0.666. The Kier molecular flexibility index (Phi) is 7.43. The highest BCUT2D eigenvalue weighted by atomic mass is 35.5. The van der Waals surface area contributed by atoms with Crippen molar-refractivity contribution < 1.29 is 24.0 Å². The first-order chi connectivity index (χ1) is 14.8. The lowest BCUT2D eigenvalue weighted by Crippen LogP contribution is -2.41. The Morgan fingerprint density at radius 3 is 2.84 bits per heavy atom. The van der Waals surface area contributed by atoms with Gasteiger partial charge < -0.3 is 20.1 Å². The van der Waals surface area contributed by atoms with Crippen LogP contribution < -0.4 is 15.4 Å². The zero-order valence-corrected chi connectivity index (χ0v) is 17.6. The Hall–Kier alpha value is -3.17. The second-order valence-electron chi connectivity index (χ2n) is 7.08. The van der Waals surface area contributed by atoms with Gasteiger partial charge in [-0.25, -0.2) is 0 Å². The van der Waals surface area contributed by atoms with Crippen LogP contribution in [-0.4, -0.2) is 42.1 Å². The topological polar surface area (TPSA) is 120 Å². The average Bonchev–Trinajstić information content (AvgIpc) is 3.26. The van der Waals surface area contributed by atoms with Gasteiger partial charge in [-0.2, -0.15) is 0 Å². The van der Waals surface area contributed by atoms with Gasteiger partial charge in [0.15, 0.2) is 0 Å². The molecule has 2 aromatic carbocycles. The van der Waals surface area contributed by atoms with Crippen LogP contribution in [0.3, 0.4) is 0 Å². The Morgan fingerprint density at radius 2 is 2.13 bits per heavy atom. The summed E-state index contributed by atoms with van der Waals surface area (Å²) in [7, 11) is 0. The number of nitro benzene ring substituents is 1. The summed E-state index contributed by atoms with van der Waals surface area (Å²) < 4.78 is 11.3. The highest BCUT2D eigenvalue weighted by molar-refractivity contribution is 6.31. The van der Waals surface area contributed by atoms with Crippen molar-refractivity contribution in [2.45, 2.75) is 31.9 Å². The summed E-state index contributed by atoms with van der Waals surface area (Å²) in [6.07, 6.45) is 1.91. The van der Waals surface area contributed by atoms with Crippen molar-refractivity contribution in [3.63, 3.8) is 0 Å². The van der Waals surface area contributed by atoms with Crippen LogP contribution in [0.1, 0.15) is 30.1 Å². The molecule has 0 spiro atoms. The summed E-state index contributed by atoms with van der Waals surface area (Å²) in [5.41, 5.74) is 0.237. The zero-order chi connectivity index (χ0) is 22.4. The minimum absolute atomic E-state index is 0.00682. The molecule has 2 unspecified atom stereocenters. The van der Waals surface area contributed by atoms with Crippen LogP contribution >= 0.6 is 11.6 Å². The van der Waals surface area contributed by atoms with Crippen molar-refractivity contribution in [1.29, 1.82) is 0 Å².